The minimum Gasteiger partial charge on any atom is -0.496 e. The number of methoxy groups -OCH3 is 2. The number of ether oxygens (including phenoxy) is 2. The highest BCUT2D eigenvalue weighted by Gasteiger charge is 2.35. The number of amides is 1. The van der Waals surface area contributed by atoms with E-state index in [0.29, 0.717) is 39.3 Å². The van der Waals surface area contributed by atoms with Crippen LogP contribution in [0.1, 0.15) is 65.6 Å². The predicted octanol–water partition coefficient (Wildman–Crippen LogP) is 2.71. The summed E-state index contributed by atoms with van der Waals surface area (Å²) in [5.74, 6) is 0.681. The average Bonchev–Trinajstić information content (AvgIpc) is 2.63. The Kier molecular flexibility index (Phi) is 4.88. The molecule has 0 aliphatic heterocycles. The fourth-order valence-electron chi connectivity index (χ4n) is 3.44. The van der Waals surface area contributed by atoms with E-state index in [1.165, 1.54) is 14.2 Å². The number of hydrogen-bond acceptors (Lipinski definition) is 5. The van der Waals surface area contributed by atoms with Crippen molar-refractivity contribution in [3.05, 3.63) is 58.1 Å². The van der Waals surface area contributed by atoms with Crippen LogP contribution >= 0.6 is 0 Å². The molecule has 2 aromatic rings. The molecular weight excluding hydrogens is 346 g/mol. The Labute approximate surface area is 158 Å². The van der Waals surface area contributed by atoms with Crippen LogP contribution in [0, 0.1) is 0 Å². The number of carbonyl (C=O) groups is 1. The van der Waals surface area contributed by atoms with Gasteiger partial charge in [-0.15, -0.1) is 0 Å². The van der Waals surface area contributed by atoms with Gasteiger partial charge in [0.05, 0.1) is 14.2 Å². The van der Waals surface area contributed by atoms with Crippen molar-refractivity contribution in [3.63, 3.8) is 0 Å². The standard InChI is InChI=1S/C21H25NO5/c1-21(2,3)22-20(25)11-6-7-12-13(10-11)19(24)17-15(27-5)9-8-14(26-4)16(17)18(12)23/h6-10,18-19,23-24H,1-5H3,(H,22,25). The third kappa shape index (κ3) is 3.38. The molecule has 0 heterocycles. The lowest BCUT2D eigenvalue weighted by molar-refractivity contribution is 0.0919. The van der Waals surface area contributed by atoms with Gasteiger partial charge < -0.3 is 25.0 Å². The molecule has 3 N–H and O–H groups in total. The molecule has 2 unspecified atom stereocenters. The molecule has 144 valence electrons. The van der Waals surface area contributed by atoms with Gasteiger partial charge in [0.15, 0.2) is 0 Å². The van der Waals surface area contributed by atoms with Crippen molar-refractivity contribution in [1.29, 1.82) is 0 Å². The quantitative estimate of drug-likeness (QED) is 0.772. The van der Waals surface area contributed by atoms with E-state index < -0.39 is 12.2 Å². The van der Waals surface area contributed by atoms with Gasteiger partial charge >= 0.3 is 0 Å². The molecule has 0 bridgehead atoms. The number of hydrogen-bond donors (Lipinski definition) is 3. The van der Waals surface area contributed by atoms with E-state index in [-0.39, 0.29) is 11.4 Å². The molecule has 27 heavy (non-hydrogen) atoms. The van der Waals surface area contributed by atoms with Crippen LogP contribution < -0.4 is 14.8 Å². The van der Waals surface area contributed by atoms with E-state index >= 15 is 0 Å². The van der Waals surface area contributed by atoms with Crippen molar-refractivity contribution >= 4 is 5.91 Å². The molecule has 1 aliphatic carbocycles. The Bertz CT molecular complexity index is 885. The fourth-order valence-corrected chi connectivity index (χ4v) is 3.44. The summed E-state index contributed by atoms with van der Waals surface area (Å²) in [6.45, 7) is 5.69. The Morgan fingerprint density at radius 3 is 1.93 bits per heavy atom. The van der Waals surface area contributed by atoms with Gasteiger partial charge in [0, 0.05) is 22.2 Å². The number of nitrogens with one attached hydrogen (secondary N) is 1. The van der Waals surface area contributed by atoms with E-state index in [0.717, 1.165) is 0 Å². The molecule has 2 atom stereocenters. The fraction of sp³-hybridized carbons (Fsp3) is 0.381. The van der Waals surface area contributed by atoms with Gasteiger partial charge in [0.1, 0.15) is 23.7 Å². The summed E-state index contributed by atoms with van der Waals surface area (Å²) in [4.78, 5) is 12.5. The third-order valence-electron chi connectivity index (χ3n) is 4.62. The van der Waals surface area contributed by atoms with E-state index in [1.54, 1.807) is 30.3 Å². The minimum atomic E-state index is -1.05. The molecular formula is C21H25NO5. The Morgan fingerprint density at radius 1 is 0.926 bits per heavy atom. The van der Waals surface area contributed by atoms with Crippen LogP contribution in [-0.2, 0) is 0 Å². The summed E-state index contributed by atoms with van der Waals surface area (Å²) in [5.41, 5.74) is 1.97. The maximum atomic E-state index is 12.5. The highest BCUT2D eigenvalue weighted by molar-refractivity contribution is 5.95. The van der Waals surface area contributed by atoms with Crippen molar-refractivity contribution in [1.82, 2.24) is 5.32 Å². The minimum absolute atomic E-state index is 0.240. The van der Waals surface area contributed by atoms with Crippen molar-refractivity contribution in [3.8, 4) is 11.5 Å². The molecule has 1 aliphatic rings. The van der Waals surface area contributed by atoms with Crippen molar-refractivity contribution in [2.75, 3.05) is 14.2 Å². The van der Waals surface area contributed by atoms with E-state index in [9.17, 15) is 15.0 Å². The Hall–Kier alpha value is -2.57. The molecule has 3 rings (SSSR count). The van der Waals surface area contributed by atoms with Gasteiger partial charge in [0.2, 0.25) is 0 Å². The van der Waals surface area contributed by atoms with Gasteiger partial charge in [-0.3, -0.25) is 4.79 Å². The van der Waals surface area contributed by atoms with Crippen molar-refractivity contribution in [2.24, 2.45) is 0 Å². The first kappa shape index (κ1) is 19.2. The summed E-state index contributed by atoms with van der Waals surface area (Å²) in [5, 5.41) is 24.9. The lowest BCUT2D eigenvalue weighted by Gasteiger charge is -2.31. The van der Waals surface area contributed by atoms with Crippen LogP contribution in [0.5, 0.6) is 11.5 Å². The van der Waals surface area contributed by atoms with E-state index in [2.05, 4.69) is 5.32 Å². The molecule has 0 aromatic heterocycles. The lowest BCUT2D eigenvalue weighted by atomic mass is 9.80. The smallest absolute Gasteiger partial charge is 0.251 e. The summed E-state index contributed by atoms with van der Waals surface area (Å²) in [6, 6.07) is 8.32. The zero-order valence-corrected chi connectivity index (χ0v) is 16.2. The third-order valence-corrected chi connectivity index (χ3v) is 4.62. The zero-order chi connectivity index (χ0) is 19.9. The highest BCUT2D eigenvalue weighted by atomic mass is 16.5. The number of benzene rings is 2. The van der Waals surface area contributed by atoms with Crippen LogP contribution in [0.4, 0.5) is 0 Å². The van der Waals surface area contributed by atoms with E-state index in [4.69, 9.17) is 9.47 Å². The number of aliphatic hydroxyl groups excluding tert-OH is 2. The second-order valence-corrected chi connectivity index (χ2v) is 7.65. The first-order valence-electron chi connectivity index (χ1n) is 8.75. The summed E-state index contributed by atoms with van der Waals surface area (Å²) in [6.07, 6.45) is -2.05. The second kappa shape index (κ2) is 6.87. The number of rotatable bonds is 3. The Balaban J connectivity index is 2.12. The van der Waals surface area contributed by atoms with Crippen LogP contribution in [0.2, 0.25) is 0 Å². The van der Waals surface area contributed by atoms with Crippen molar-refractivity contribution < 1.29 is 24.5 Å². The predicted molar refractivity (Wildman–Crippen MR) is 101 cm³/mol. The van der Waals surface area contributed by atoms with Crippen LogP contribution in [0.25, 0.3) is 0 Å². The molecule has 0 fully saturated rings. The first-order chi connectivity index (χ1) is 12.7. The molecule has 0 radical (unpaired) electrons. The van der Waals surface area contributed by atoms with Gasteiger partial charge in [-0.2, -0.15) is 0 Å². The summed E-state index contributed by atoms with van der Waals surface area (Å²) >= 11 is 0. The number of carbonyl (C=O) groups excluding carboxylic acids is 1. The number of aliphatic hydroxyl groups is 2. The maximum absolute atomic E-state index is 12.5. The molecule has 6 heteroatoms. The summed E-state index contributed by atoms with van der Waals surface area (Å²) < 4.78 is 10.8. The largest absolute Gasteiger partial charge is 0.496 e. The van der Waals surface area contributed by atoms with Gasteiger partial charge in [0.25, 0.3) is 5.91 Å². The van der Waals surface area contributed by atoms with E-state index in [1.807, 2.05) is 20.8 Å². The number of fused-ring (bicyclic) bond motifs is 2. The van der Waals surface area contributed by atoms with Gasteiger partial charge in [-0.05, 0) is 56.2 Å². The van der Waals surface area contributed by atoms with Gasteiger partial charge in [-0.1, -0.05) is 6.07 Å². The first-order valence-corrected chi connectivity index (χ1v) is 8.75. The van der Waals surface area contributed by atoms with Crippen molar-refractivity contribution in [2.45, 2.75) is 38.5 Å². The highest BCUT2D eigenvalue weighted by Crippen LogP contribution is 2.48. The van der Waals surface area contributed by atoms with Crippen LogP contribution in [0.15, 0.2) is 30.3 Å². The molecule has 1 amide bonds. The van der Waals surface area contributed by atoms with Crippen LogP contribution in [-0.4, -0.2) is 35.9 Å². The summed E-state index contributed by atoms with van der Waals surface area (Å²) in [7, 11) is 3.01. The maximum Gasteiger partial charge on any atom is 0.251 e. The lowest BCUT2D eigenvalue weighted by Crippen LogP contribution is -2.40. The topological polar surface area (TPSA) is 88.0 Å². The monoisotopic (exact) mass is 371 g/mol. The van der Waals surface area contributed by atoms with Crippen LogP contribution in [0.3, 0.4) is 0 Å². The average molecular weight is 371 g/mol. The van der Waals surface area contributed by atoms with Gasteiger partial charge in [-0.25, -0.2) is 0 Å². The molecule has 0 saturated heterocycles. The normalized spacial score (nSPS) is 18.3. The molecule has 2 aromatic carbocycles. The SMILES string of the molecule is COc1ccc(OC)c2c1C(O)c1ccc(C(=O)NC(C)(C)C)cc1C2O. The Morgan fingerprint density at radius 2 is 1.44 bits per heavy atom. The molecule has 0 saturated carbocycles. The second-order valence-electron chi connectivity index (χ2n) is 7.65. The molecule has 6 nitrogen and oxygen atoms in total. The molecule has 0 spiro atoms. The zero-order valence-electron chi connectivity index (χ0n) is 16.2.